The van der Waals surface area contributed by atoms with E-state index in [1.807, 2.05) is 27.8 Å². The van der Waals surface area contributed by atoms with Crippen LogP contribution in [0.2, 0.25) is 0 Å². The molecule has 4 heterocycles. The van der Waals surface area contributed by atoms with Crippen LogP contribution in [0.15, 0.2) is 42.9 Å². The lowest BCUT2D eigenvalue weighted by Crippen LogP contribution is -2.49. The molecule has 1 saturated heterocycles. The first-order valence-electron chi connectivity index (χ1n) is 10.7. The zero-order valence-electron chi connectivity index (χ0n) is 17.5. The van der Waals surface area contributed by atoms with Gasteiger partial charge in [-0.05, 0) is 37.1 Å². The van der Waals surface area contributed by atoms with Gasteiger partial charge in [0, 0.05) is 63.1 Å². The summed E-state index contributed by atoms with van der Waals surface area (Å²) in [6.45, 7) is 3.73. The third kappa shape index (κ3) is 4.99. The van der Waals surface area contributed by atoms with Crippen molar-refractivity contribution in [2.45, 2.75) is 32.2 Å². The molecule has 0 saturated carbocycles. The number of hydrogen-bond acceptors (Lipinski definition) is 6. The van der Waals surface area contributed by atoms with Crippen LogP contribution in [0.3, 0.4) is 0 Å². The van der Waals surface area contributed by atoms with E-state index in [9.17, 15) is 9.59 Å². The lowest BCUT2D eigenvalue weighted by molar-refractivity contribution is -0.131. The average molecular weight is 422 g/mol. The number of unbranched alkanes of at least 4 members (excludes halogenated alkanes) is 2. The van der Waals surface area contributed by atoms with E-state index in [1.54, 1.807) is 24.5 Å². The minimum atomic E-state index is -0.523. The third-order valence-corrected chi connectivity index (χ3v) is 5.62. The van der Waals surface area contributed by atoms with E-state index in [-0.39, 0.29) is 11.6 Å². The smallest absolute Gasteiger partial charge is 0.267 e. The number of carbonyl (C=O) groups excluding carboxylic acids is 2. The first kappa shape index (κ1) is 20.8. The molecule has 3 aromatic rings. The predicted octanol–water partition coefficient (Wildman–Crippen LogP) is 1.83. The number of anilines is 1. The molecule has 2 N–H and O–H groups in total. The van der Waals surface area contributed by atoms with Crippen molar-refractivity contribution in [1.82, 2.24) is 24.4 Å². The van der Waals surface area contributed by atoms with Gasteiger partial charge >= 0.3 is 0 Å². The van der Waals surface area contributed by atoms with E-state index < -0.39 is 5.91 Å². The van der Waals surface area contributed by atoms with Gasteiger partial charge in [0.15, 0.2) is 0 Å². The first-order chi connectivity index (χ1) is 15.1. The molecular weight excluding hydrogens is 394 g/mol. The van der Waals surface area contributed by atoms with Crippen molar-refractivity contribution in [3.63, 3.8) is 0 Å². The van der Waals surface area contributed by atoms with Gasteiger partial charge in [-0.15, -0.1) is 0 Å². The first-order valence-corrected chi connectivity index (χ1v) is 10.7. The molecule has 0 atom stereocenters. The van der Waals surface area contributed by atoms with Crippen LogP contribution in [0.4, 0.5) is 5.95 Å². The van der Waals surface area contributed by atoms with Crippen LogP contribution < -0.4 is 10.6 Å². The molecule has 9 nitrogen and oxygen atoms in total. The van der Waals surface area contributed by atoms with Crippen LogP contribution in [0, 0.1) is 0 Å². The van der Waals surface area contributed by atoms with E-state index in [2.05, 4.69) is 19.9 Å². The van der Waals surface area contributed by atoms with Crippen LogP contribution in [-0.2, 0) is 11.3 Å². The van der Waals surface area contributed by atoms with Crippen LogP contribution in [0.1, 0.15) is 36.2 Å². The maximum absolute atomic E-state index is 12.5. The number of nitrogens with zero attached hydrogens (tertiary/aromatic N) is 6. The van der Waals surface area contributed by atoms with Gasteiger partial charge in [-0.3, -0.25) is 9.59 Å². The fourth-order valence-electron chi connectivity index (χ4n) is 3.88. The Labute approximate surface area is 180 Å². The van der Waals surface area contributed by atoms with Crippen molar-refractivity contribution in [2.75, 3.05) is 31.1 Å². The summed E-state index contributed by atoms with van der Waals surface area (Å²) in [5, 5.41) is 0.986. The van der Waals surface area contributed by atoms with E-state index in [0.717, 1.165) is 55.9 Å². The van der Waals surface area contributed by atoms with Crippen molar-refractivity contribution in [1.29, 1.82) is 0 Å². The second-order valence-electron chi connectivity index (χ2n) is 7.71. The Kier molecular flexibility index (Phi) is 6.40. The Hall–Kier alpha value is -3.49. The number of carbonyl (C=O) groups is 2. The summed E-state index contributed by atoms with van der Waals surface area (Å²) in [6, 6.07) is 7.29. The number of hydrogen-bond donors (Lipinski definition) is 1. The van der Waals surface area contributed by atoms with E-state index in [1.165, 1.54) is 0 Å². The van der Waals surface area contributed by atoms with Crippen molar-refractivity contribution in [2.24, 2.45) is 5.73 Å². The van der Waals surface area contributed by atoms with Gasteiger partial charge in [0.25, 0.3) is 5.91 Å². The lowest BCUT2D eigenvalue weighted by atomic mass is 10.1. The van der Waals surface area contributed by atoms with Crippen molar-refractivity contribution in [3.8, 4) is 0 Å². The number of aromatic nitrogens is 4. The molecule has 0 radical (unpaired) electrons. The number of primary amides is 1. The lowest BCUT2D eigenvalue weighted by Gasteiger charge is -2.34. The number of aryl methyl sites for hydroxylation is 1. The molecular formula is C22H27N7O2. The van der Waals surface area contributed by atoms with Gasteiger partial charge < -0.3 is 20.1 Å². The quantitative estimate of drug-likeness (QED) is 0.556. The third-order valence-electron chi connectivity index (χ3n) is 5.62. The summed E-state index contributed by atoms with van der Waals surface area (Å²) in [7, 11) is 0. The monoisotopic (exact) mass is 421 g/mol. The summed E-state index contributed by atoms with van der Waals surface area (Å²) in [6.07, 6.45) is 8.78. The van der Waals surface area contributed by atoms with E-state index in [4.69, 9.17) is 5.73 Å². The summed E-state index contributed by atoms with van der Waals surface area (Å²) >= 11 is 0. The molecule has 0 aliphatic carbocycles. The topological polar surface area (TPSA) is 110 Å². The number of pyridine rings is 1. The largest absolute Gasteiger partial charge is 0.364 e. The van der Waals surface area contributed by atoms with Gasteiger partial charge in [-0.25, -0.2) is 15.0 Å². The van der Waals surface area contributed by atoms with Crippen LogP contribution in [0.25, 0.3) is 11.0 Å². The van der Waals surface area contributed by atoms with Gasteiger partial charge in [-0.1, -0.05) is 6.42 Å². The Morgan fingerprint density at radius 2 is 1.74 bits per heavy atom. The summed E-state index contributed by atoms with van der Waals surface area (Å²) in [5.41, 5.74) is 6.38. The maximum atomic E-state index is 12.5. The molecule has 0 bridgehead atoms. The molecule has 31 heavy (non-hydrogen) atoms. The van der Waals surface area contributed by atoms with Gasteiger partial charge in [0.2, 0.25) is 11.9 Å². The number of nitrogens with two attached hydrogens (primary N) is 1. The van der Waals surface area contributed by atoms with E-state index >= 15 is 0 Å². The summed E-state index contributed by atoms with van der Waals surface area (Å²) < 4.78 is 2.04. The normalized spacial score (nSPS) is 14.2. The molecule has 9 heteroatoms. The average Bonchev–Trinajstić information content (AvgIpc) is 3.21. The zero-order valence-corrected chi connectivity index (χ0v) is 17.5. The maximum Gasteiger partial charge on any atom is 0.267 e. The minimum absolute atomic E-state index is 0.216. The molecule has 1 aliphatic heterocycles. The molecule has 0 aromatic carbocycles. The number of rotatable bonds is 8. The van der Waals surface area contributed by atoms with Crippen LogP contribution in [-0.4, -0.2) is 62.4 Å². The van der Waals surface area contributed by atoms with E-state index in [0.29, 0.717) is 19.5 Å². The summed E-state index contributed by atoms with van der Waals surface area (Å²) in [5.74, 6) is 0.419. The van der Waals surface area contributed by atoms with Gasteiger partial charge in [-0.2, -0.15) is 0 Å². The zero-order chi connectivity index (χ0) is 21.6. The fraction of sp³-hybridized carbons (Fsp3) is 0.409. The Morgan fingerprint density at radius 3 is 2.48 bits per heavy atom. The van der Waals surface area contributed by atoms with Gasteiger partial charge in [0.05, 0.1) is 0 Å². The SMILES string of the molecule is NC(=O)c1ccc2ccn(CCCCCC(=O)N3CCN(c4ncccn4)CC3)c2n1. The van der Waals surface area contributed by atoms with Crippen LogP contribution >= 0.6 is 0 Å². The van der Waals surface area contributed by atoms with Crippen molar-refractivity contribution < 1.29 is 9.59 Å². The minimum Gasteiger partial charge on any atom is -0.364 e. The molecule has 4 rings (SSSR count). The number of fused-ring (bicyclic) bond motifs is 1. The van der Waals surface area contributed by atoms with Crippen molar-refractivity contribution >= 4 is 28.8 Å². The number of piperazine rings is 1. The highest BCUT2D eigenvalue weighted by molar-refractivity contribution is 5.93. The number of amides is 2. The molecule has 0 spiro atoms. The van der Waals surface area contributed by atoms with Crippen molar-refractivity contribution in [3.05, 3.63) is 48.5 Å². The standard InChI is InChI=1S/C22H27N7O2/c23-20(31)18-7-6-17-8-12-28(21(17)26-18)11-3-1-2-5-19(30)27-13-15-29(16-14-27)22-24-9-4-10-25-22/h4,6-10,12H,1-3,5,11,13-16H2,(H2,23,31). The molecule has 0 unspecified atom stereocenters. The molecule has 2 amide bonds. The summed E-state index contributed by atoms with van der Waals surface area (Å²) in [4.78, 5) is 40.9. The second kappa shape index (κ2) is 9.55. The second-order valence-corrected chi connectivity index (χ2v) is 7.71. The Bertz CT molecular complexity index is 1040. The highest BCUT2D eigenvalue weighted by Gasteiger charge is 2.21. The Balaban J connectivity index is 1.18. The van der Waals surface area contributed by atoms with Gasteiger partial charge in [0.1, 0.15) is 11.3 Å². The highest BCUT2D eigenvalue weighted by atomic mass is 16.2. The predicted molar refractivity (Wildman–Crippen MR) is 118 cm³/mol. The molecule has 162 valence electrons. The highest BCUT2D eigenvalue weighted by Crippen LogP contribution is 2.16. The molecule has 1 aliphatic rings. The molecule has 1 fully saturated rings. The molecule has 3 aromatic heterocycles. The fourth-order valence-corrected chi connectivity index (χ4v) is 3.88. The Morgan fingerprint density at radius 1 is 0.968 bits per heavy atom. The van der Waals surface area contributed by atoms with Crippen LogP contribution in [0.5, 0.6) is 0 Å².